The monoisotopic (exact) mass is 425 g/mol. The number of nitrogens with zero attached hydrogens (tertiary/aromatic N) is 1. The maximum absolute atomic E-state index is 12.8. The highest BCUT2D eigenvalue weighted by Gasteiger charge is 2.17. The number of hydrogen-bond acceptors (Lipinski definition) is 3. The molecule has 4 aromatic rings. The van der Waals surface area contributed by atoms with E-state index in [1.807, 2.05) is 37.3 Å². The van der Waals surface area contributed by atoms with Crippen LogP contribution in [0.1, 0.15) is 53.7 Å². The Balaban J connectivity index is 1.48. The van der Waals surface area contributed by atoms with Crippen molar-refractivity contribution in [2.24, 2.45) is 5.92 Å². The summed E-state index contributed by atoms with van der Waals surface area (Å²) in [7, 11) is 0. The summed E-state index contributed by atoms with van der Waals surface area (Å²) >= 11 is 0. The van der Waals surface area contributed by atoms with Crippen molar-refractivity contribution >= 4 is 28.7 Å². The molecule has 3 aromatic carbocycles. The van der Waals surface area contributed by atoms with E-state index in [1.165, 1.54) is 5.56 Å². The third kappa shape index (κ3) is 4.78. The Kier molecular flexibility index (Phi) is 6.17. The fourth-order valence-corrected chi connectivity index (χ4v) is 3.76. The molecule has 1 heterocycles. The summed E-state index contributed by atoms with van der Waals surface area (Å²) in [6, 6.07) is 22.7. The number of rotatable bonds is 7. The van der Waals surface area contributed by atoms with E-state index in [4.69, 9.17) is 0 Å². The predicted molar refractivity (Wildman–Crippen MR) is 128 cm³/mol. The van der Waals surface area contributed by atoms with Crippen LogP contribution in [0.4, 0.5) is 5.95 Å². The lowest BCUT2D eigenvalue weighted by Gasteiger charge is -2.12. The van der Waals surface area contributed by atoms with Gasteiger partial charge in [0.05, 0.1) is 17.0 Å². The summed E-state index contributed by atoms with van der Waals surface area (Å²) in [5.41, 5.74) is 4.83. The molecule has 0 bridgehead atoms. The molecule has 162 valence electrons. The smallest absolute Gasteiger partial charge is 0.233 e. The van der Waals surface area contributed by atoms with Gasteiger partial charge in [0, 0.05) is 11.1 Å². The highest BCUT2D eigenvalue weighted by Crippen LogP contribution is 2.22. The van der Waals surface area contributed by atoms with Gasteiger partial charge < -0.3 is 4.98 Å². The van der Waals surface area contributed by atoms with E-state index in [1.54, 1.807) is 30.3 Å². The molecule has 0 spiro atoms. The molecule has 1 atom stereocenters. The fourth-order valence-electron chi connectivity index (χ4n) is 3.76. The average molecular weight is 426 g/mol. The lowest BCUT2D eigenvalue weighted by Crippen LogP contribution is -2.19. The van der Waals surface area contributed by atoms with Gasteiger partial charge in [-0.15, -0.1) is 0 Å². The first-order chi connectivity index (χ1) is 15.4. The van der Waals surface area contributed by atoms with Gasteiger partial charge in [-0.2, -0.15) is 0 Å². The average Bonchev–Trinajstić information content (AvgIpc) is 3.20. The van der Waals surface area contributed by atoms with Crippen LogP contribution in [0.5, 0.6) is 0 Å². The minimum Gasteiger partial charge on any atom is -0.324 e. The Labute approximate surface area is 187 Å². The molecule has 5 nitrogen and oxygen atoms in total. The van der Waals surface area contributed by atoms with E-state index in [0.29, 0.717) is 34.0 Å². The molecule has 1 amide bonds. The Morgan fingerprint density at radius 2 is 1.62 bits per heavy atom. The second-order valence-electron chi connectivity index (χ2n) is 8.56. The number of anilines is 1. The van der Waals surface area contributed by atoms with Gasteiger partial charge in [0.1, 0.15) is 0 Å². The second-order valence-corrected chi connectivity index (χ2v) is 8.56. The number of carbonyl (C=O) groups excluding carboxylic acids is 2. The number of aromatic nitrogens is 2. The number of nitrogens with one attached hydrogen (secondary N) is 2. The maximum Gasteiger partial charge on any atom is 0.233 e. The van der Waals surface area contributed by atoms with Gasteiger partial charge in [-0.3, -0.25) is 14.9 Å². The van der Waals surface area contributed by atoms with Crippen molar-refractivity contribution in [2.75, 3.05) is 5.32 Å². The van der Waals surface area contributed by atoms with Crippen LogP contribution in [-0.2, 0) is 11.2 Å². The molecular formula is C27H27N3O2. The number of ketones is 1. The Hall–Kier alpha value is -3.73. The number of benzene rings is 3. The summed E-state index contributed by atoms with van der Waals surface area (Å²) in [6.07, 6.45) is 1.02. The second kappa shape index (κ2) is 9.18. The quantitative estimate of drug-likeness (QED) is 0.371. The van der Waals surface area contributed by atoms with E-state index >= 15 is 0 Å². The molecule has 0 saturated heterocycles. The first-order valence-corrected chi connectivity index (χ1v) is 10.9. The van der Waals surface area contributed by atoms with Crippen molar-refractivity contribution in [1.29, 1.82) is 0 Å². The van der Waals surface area contributed by atoms with Crippen LogP contribution < -0.4 is 5.32 Å². The van der Waals surface area contributed by atoms with Gasteiger partial charge >= 0.3 is 0 Å². The normalized spacial score (nSPS) is 12.1. The molecule has 32 heavy (non-hydrogen) atoms. The summed E-state index contributed by atoms with van der Waals surface area (Å²) in [4.78, 5) is 33.1. The number of H-pyrrole nitrogens is 1. The molecule has 0 saturated carbocycles. The van der Waals surface area contributed by atoms with Crippen LogP contribution in [0, 0.1) is 5.92 Å². The summed E-state index contributed by atoms with van der Waals surface area (Å²) in [6.45, 7) is 6.27. The Morgan fingerprint density at radius 3 is 2.31 bits per heavy atom. The Morgan fingerprint density at radius 1 is 0.906 bits per heavy atom. The number of fused-ring (bicyclic) bond motifs is 1. The molecule has 0 fully saturated rings. The number of hydrogen-bond donors (Lipinski definition) is 2. The van der Waals surface area contributed by atoms with Gasteiger partial charge in [-0.1, -0.05) is 68.4 Å². The first kappa shape index (κ1) is 21.5. The molecule has 1 unspecified atom stereocenters. The topological polar surface area (TPSA) is 74.8 Å². The lowest BCUT2D eigenvalue weighted by atomic mass is 9.96. The van der Waals surface area contributed by atoms with Gasteiger partial charge in [0.2, 0.25) is 11.9 Å². The van der Waals surface area contributed by atoms with Gasteiger partial charge in [-0.25, -0.2) is 4.98 Å². The van der Waals surface area contributed by atoms with Crippen molar-refractivity contribution in [3.05, 3.63) is 95.1 Å². The third-order valence-corrected chi connectivity index (χ3v) is 5.54. The molecular weight excluding hydrogens is 398 g/mol. The highest BCUT2D eigenvalue weighted by molar-refractivity contribution is 6.10. The van der Waals surface area contributed by atoms with E-state index in [-0.39, 0.29) is 17.6 Å². The van der Waals surface area contributed by atoms with E-state index in [9.17, 15) is 9.59 Å². The molecule has 5 heteroatoms. The predicted octanol–water partition coefficient (Wildman–Crippen LogP) is 5.73. The zero-order valence-corrected chi connectivity index (χ0v) is 18.6. The summed E-state index contributed by atoms with van der Waals surface area (Å²) in [5, 5.41) is 2.87. The number of aromatic amines is 1. The van der Waals surface area contributed by atoms with Crippen LogP contribution in [0.2, 0.25) is 0 Å². The number of carbonyl (C=O) groups is 2. The maximum atomic E-state index is 12.8. The van der Waals surface area contributed by atoms with Gasteiger partial charge in [0.25, 0.3) is 0 Å². The molecule has 0 aliphatic rings. The van der Waals surface area contributed by atoms with Crippen LogP contribution >= 0.6 is 0 Å². The molecule has 4 rings (SSSR count). The molecule has 0 aliphatic carbocycles. The highest BCUT2D eigenvalue weighted by atomic mass is 16.2. The van der Waals surface area contributed by atoms with Crippen molar-refractivity contribution in [3.8, 4) is 0 Å². The van der Waals surface area contributed by atoms with Gasteiger partial charge in [-0.05, 0) is 48.6 Å². The third-order valence-electron chi connectivity index (χ3n) is 5.54. The van der Waals surface area contributed by atoms with E-state index in [2.05, 4.69) is 41.3 Å². The molecule has 1 aromatic heterocycles. The SMILES string of the molecule is CC(C)Cc1ccc(C(C)C(=O)Nc2nc3ccc(C(=O)c4ccccc4)cc3[nH]2)cc1. The largest absolute Gasteiger partial charge is 0.324 e. The van der Waals surface area contributed by atoms with E-state index in [0.717, 1.165) is 12.0 Å². The number of imidazole rings is 1. The summed E-state index contributed by atoms with van der Waals surface area (Å²) < 4.78 is 0. The van der Waals surface area contributed by atoms with Crippen LogP contribution in [0.15, 0.2) is 72.8 Å². The van der Waals surface area contributed by atoms with Crippen LogP contribution in [-0.4, -0.2) is 21.7 Å². The Bertz CT molecular complexity index is 1240. The zero-order valence-electron chi connectivity index (χ0n) is 18.6. The molecule has 0 radical (unpaired) electrons. The van der Waals surface area contributed by atoms with Crippen LogP contribution in [0.3, 0.4) is 0 Å². The van der Waals surface area contributed by atoms with Crippen molar-refractivity contribution in [3.63, 3.8) is 0 Å². The number of amides is 1. The van der Waals surface area contributed by atoms with Gasteiger partial charge in [0.15, 0.2) is 5.78 Å². The molecule has 2 N–H and O–H groups in total. The van der Waals surface area contributed by atoms with Crippen molar-refractivity contribution in [2.45, 2.75) is 33.1 Å². The zero-order chi connectivity index (χ0) is 22.7. The van der Waals surface area contributed by atoms with Crippen molar-refractivity contribution < 1.29 is 9.59 Å². The van der Waals surface area contributed by atoms with Crippen molar-refractivity contribution in [1.82, 2.24) is 9.97 Å². The minimum atomic E-state index is -0.313. The standard InChI is InChI=1S/C27H27N3O2/c1-17(2)15-19-9-11-20(12-10-19)18(3)26(32)30-27-28-23-14-13-22(16-24(23)29-27)25(31)21-7-5-4-6-8-21/h4-14,16-18H,15H2,1-3H3,(H2,28,29,30,32). The lowest BCUT2D eigenvalue weighted by molar-refractivity contribution is -0.117. The van der Waals surface area contributed by atoms with E-state index < -0.39 is 0 Å². The molecule has 0 aliphatic heterocycles. The van der Waals surface area contributed by atoms with Crippen LogP contribution in [0.25, 0.3) is 11.0 Å². The summed E-state index contributed by atoms with van der Waals surface area (Å²) in [5.74, 6) is 0.464. The fraction of sp³-hybridized carbons (Fsp3) is 0.222. The first-order valence-electron chi connectivity index (χ1n) is 10.9. The minimum absolute atomic E-state index is 0.0535.